The van der Waals surface area contributed by atoms with Gasteiger partial charge in [-0.25, -0.2) is 0 Å². The van der Waals surface area contributed by atoms with Crippen LogP contribution in [0.5, 0.6) is 0 Å². The zero-order chi connectivity index (χ0) is 13.8. The van der Waals surface area contributed by atoms with E-state index in [2.05, 4.69) is 40.8 Å². The molecule has 1 heterocycles. The van der Waals surface area contributed by atoms with E-state index in [1.54, 1.807) is 0 Å². The minimum Gasteiger partial charge on any atom is -0.459 e. The average molecular weight is 270 g/mol. The van der Waals surface area contributed by atoms with E-state index in [0.717, 1.165) is 12.8 Å². The van der Waals surface area contributed by atoms with Crippen molar-refractivity contribution in [3.8, 4) is 0 Å². The smallest absolute Gasteiger partial charge is 0.310 e. The van der Waals surface area contributed by atoms with Gasteiger partial charge in [0.2, 0.25) is 0 Å². The van der Waals surface area contributed by atoms with Crippen molar-refractivity contribution < 1.29 is 14.0 Å². The molecule has 104 valence electrons. The lowest BCUT2D eigenvalue weighted by atomic mass is 9.60. The van der Waals surface area contributed by atoms with Gasteiger partial charge in [0.05, 0.1) is 12.5 Å². The molecule has 3 atom stereocenters. The first kappa shape index (κ1) is 14.1. The maximum Gasteiger partial charge on any atom is 0.310 e. The summed E-state index contributed by atoms with van der Waals surface area (Å²) in [4.78, 5) is 11.7. The van der Waals surface area contributed by atoms with Crippen LogP contribution in [0.15, 0.2) is 0 Å². The lowest BCUT2D eigenvalue weighted by molar-refractivity contribution is -0.145. The van der Waals surface area contributed by atoms with Crippen LogP contribution in [0.2, 0.25) is 18.1 Å². The maximum absolute atomic E-state index is 11.7. The summed E-state index contributed by atoms with van der Waals surface area (Å²) in [5.74, 6) is 0.123. The van der Waals surface area contributed by atoms with Crippen LogP contribution in [-0.2, 0) is 14.0 Å². The quantitative estimate of drug-likeness (QED) is 0.583. The van der Waals surface area contributed by atoms with Crippen LogP contribution in [0.4, 0.5) is 0 Å². The lowest BCUT2D eigenvalue weighted by Gasteiger charge is -2.43. The van der Waals surface area contributed by atoms with Gasteiger partial charge in [-0.3, -0.25) is 4.79 Å². The standard InChI is InChI=1S/C14H26O3Si/c1-13(2,3)18(5,6)16-9-11-14(4)8-7-10(14)12(15)17-11/h10-11H,7-9H2,1-6H3/t10-,11-,14-/m1/s1. The van der Waals surface area contributed by atoms with Gasteiger partial charge in [-0.2, -0.15) is 0 Å². The minimum absolute atomic E-state index is 0.00687. The molecule has 1 saturated heterocycles. The third-order valence-electron chi connectivity index (χ3n) is 5.45. The van der Waals surface area contributed by atoms with Crippen molar-refractivity contribution in [2.75, 3.05) is 6.61 Å². The summed E-state index contributed by atoms with van der Waals surface area (Å²) in [6.07, 6.45) is 2.05. The SMILES string of the molecule is CC(C)(C)[Si](C)(C)OC[C@H]1OC(=O)[C@H]2CC[C@]21C. The summed E-state index contributed by atoms with van der Waals surface area (Å²) in [5.41, 5.74) is 0.0411. The Bertz CT molecular complexity index is 359. The molecule has 0 aromatic rings. The molecule has 4 heteroatoms. The molecule has 0 radical (unpaired) electrons. The van der Waals surface area contributed by atoms with E-state index in [-0.39, 0.29) is 28.4 Å². The first-order valence-electron chi connectivity index (χ1n) is 6.92. The van der Waals surface area contributed by atoms with Gasteiger partial charge in [0.25, 0.3) is 0 Å². The van der Waals surface area contributed by atoms with Crippen molar-refractivity contribution in [3.05, 3.63) is 0 Å². The summed E-state index contributed by atoms with van der Waals surface area (Å²) < 4.78 is 11.7. The topological polar surface area (TPSA) is 35.5 Å². The summed E-state index contributed by atoms with van der Waals surface area (Å²) >= 11 is 0. The molecular weight excluding hydrogens is 244 g/mol. The van der Waals surface area contributed by atoms with Gasteiger partial charge in [-0.15, -0.1) is 0 Å². The monoisotopic (exact) mass is 270 g/mol. The molecule has 0 aromatic carbocycles. The third kappa shape index (κ3) is 2.03. The second-order valence-corrected chi connectivity index (χ2v) is 12.4. The van der Waals surface area contributed by atoms with Crippen molar-refractivity contribution in [1.29, 1.82) is 0 Å². The minimum atomic E-state index is -1.75. The highest BCUT2D eigenvalue weighted by molar-refractivity contribution is 6.74. The molecule has 0 bridgehead atoms. The van der Waals surface area contributed by atoms with Crippen LogP contribution in [0.3, 0.4) is 0 Å². The number of cyclic esters (lactones) is 1. The number of carbonyl (C=O) groups excluding carboxylic acids is 1. The molecule has 0 amide bonds. The van der Waals surface area contributed by atoms with Gasteiger partial charge in [0, 0.05) is 5.41 Å². The molecule has 2 aliphatic rings. The number of rotatable bonds is 3. The van der Waals surface area contributed by atoms with Crippen molar-refractivity contribution >= 4 is 14.3 Å². The molecule has 0 spiro atoms. The Morgan fingerprint density at radius 2 is 2.06 bits per heavy atom. The molecule has 0 aromatic heterocycles. The van der Waals surface area contributed by atoms with Crippen LogP contribution >= 0.6 is 0 Å². The van der Waals surface area contributed by atoms with Crippen molar-refractivity contribution in [1.82, 2.24) is 0 Å². The third-order valence-corrected chi connectivity index (χ3v) is 9.95. The Hall–Kier alpha value is -0.353. The second-order valence-electron chi connectivity index (χ2n) is 7.59. The van der Waals surface area contributed by atoms with Gasteiger partial charge in [-0.1, -0.05) is 27.7 Å². The Morgan fingerprint density at radius 1 is 1.44 bits per heavy atom. The number of hydrogen-bond donors (Lipinski definition) is 0. The van der Waals surface area contributed by atoms with E-state index >= 15 is 0 Å². The Balaban J connectivity index is 1.98. The molecule has 1 aliphatic heterocycles. The van der Waals surface area contributed by atoms with E-state index < -0.39 is 8.32 Å². The molecule has 1 saturated carbocycles. The van der Waals surface area contributed by atoms with Crippen molar-refractivity contribution in [2.24, 2.45) is 11.3 Å². The van der Waals surface area contributed by atoms with Crippen LogP contribution in [0.1, 0.15) is 40.5 Å². The fourth-order valence-electron chi connectivity index (χ4n) is 2.60. The lowest BCUT2D eigenvalue weighted by Crippen LogP contribution is -2.48. The van der Waals surface area contributed by atoms with Crippen LogP contribution in [-0.4, -0.2) is 27.0 Å². The fourth-order valence-corrected chi connectivity index (χ4v) is 3.60. The normalized spacial score (nSPS) is 36.0. The van der Waals surface area contributed by atoms with Gasteiger partial charge >= 0.3 is 5.97 Å². The highest BCUT2D eigenvalue weighted by Crippen LogP contribution is 2.55. The second kappa shape index (κ2) is 4.07. The van der Waals surface area contributed by atoms with Gasteiger partial charge in [0.1, 0.15) is 6.10 Å². The maximum atomic E-state index is 11.7. The highest BCUT2D eigenvalue weighted by Gasteiger charge is 2.60. The van der Waals surface area contributed by atoms with Gasteiger partial charge < -0.3 is 9.16 Å². The molecule has 18 heavy (non-hydrogen) atoms. The zero-order valence-electron chi connectivity index (χ0n) is 12.5. The number of esters is 1. The predicted molar refractivity (Wildman–Crippen MR) is 73.9 cm³/mol. The van der Waals surface area contributed by atoms with Crippen molar-refractivity contribution in [3.63, 3.8) is 0 Å². The van der Waals surface area contributed by atoms with Crippen LogP contribution in [0.25, 0.3) is 0 Å². The Morgan fingerprint density at radius 3 is 2.44 bits per heavy atom. The Kier molecular flexibility index (Phi) is 3.18. The van der Waals surface area contributed by atoms with Crippen LogP contribution in [0, 0.1) is 11.3 Å². The summed E-state index contributed by atoms with van der Waals surface area (Å²) in [7, 11) is -1.75. The zero-order valence-corrected chi connectivity index (χ0v) is 13.5. The number of carbonyl (C=O) groups is 1. The number of hydrogen-bond acceptors (Lipinski definition) is 3. The van der Waals surface area contributed by atoms with Crippen molar-refractivity contribution in [2.45, 2.75) is 64.8 Å². The molecule has 1 aliphatic carbocycles. The average Bonchev–Trinajstić information content (AvgIpc) is 2.34. The molecular formula is C14H26O3Si. The van der Waals surface area contributed by atoms with E-state index in [9.17, 15) is 4.79 Å². The number of fused-ring (bicyclic) bond motifs is 1. The fraction of sp³-hybridized carbons (Fsp3) is 0.929. The molecule has 3 nitrogen and oxygen atoms in total. The molecule has 2 fully saturated rings. The van der Waals surface area contributed by atoms with E-state index in [0.29, 0.717) is 6.61 Å². The van der Waals surface area contributed by atoms with E-state index in [1.807, 2.05) is 0 Å². The first-order valence-corrected chi connectivity index (χ1v) is 9.83. The largest absolute Gasteiger partial charge is 0.459 e. The predicted octanol–water partition coefficient (Wildman–Crippen LogP) is 3.35. The Labute approximate surface area is 111 Å². The van der Waals surface area contributed by atoms with E-state index in [4.69, 9.17) is 9.16 Å². The first-order chi connectivity index (χ1) is 8.08. The van der Waals surface area contributed by atoms with Gasteiger partial charge in [-0.05, 0) is 31.0 Å². The molecule has 0 N–H and O–H groups in total. The number of ether oxygens (including phenoxy) is 1. The summed E-state index contributed by atoms with van der Waals surface area (Å²) in [5, 5.41) is 0.204. The summed E-state index contributed by atoms with van der Waals surface area (Å²) in [6.45, 7) is 13.9. The molecule has 0 unspecified atom stereocenters. The summed E-state index contributed by atoms with van der Waals surface area (Å²) in [6, 6.07) is 0. The van der Waals surface area contributed by atoms with E-state index in [1.165, 1.54) is 0 Å². The van der Waals surface area contributed by atoms with Gasteiger partial charge in [0.15, 0.2) is 8.32 Å². The van der Waals surface area contributed by atoms with Crippen LogP contribution < -0.4 is 0 Å². The molecule has 2 rings (SSSR count). The highest BCUT2D eigenvalue weighted by atomic mass is 28.4.